The smallest absolute Gasteiger partial charge is 0.292 e. The summed E-state index contributed by atoms with van der Waals surface area (Å²) in [5, 5.41) is 16.9. The van der Waals surface area contributed by atoms with Gasteiger partial charge in [0.25, 0.3) is 5.69 Å². The number of anilines is 1. The molecule has 20 heavy (non-hydrogen) atoms. The quantitative estimate of drug-likeness (QED) is 0.655. The van der Waals surface area contributed by atoms with Crippen molar-refractivity contribution in [1.82, 2.24) is 5.32 Å². The lowest BCUT2D eigenvalue weighted by Crippen LogP contribution is -2.48. The maximum absolute atomic E-state index is 12.3. The van der Waals surface area contributed by atoms with Crippen LogP contribution >= 0.6 is 0 Å². The van der Waals surface area contributed by atoms with Crippen LogP contribution in [0.4, 0.5) is 11.4 Å². The fourth-order valence-electron chi connectivity index (χ4n) is 2.52. The number of nitro groups is 1. The van der Waals surface area contributed by atoms with Crippen LogP contribution < -0.4 is 10.6 Å². The Balaban J connectivity index is 2.18. The maximum Gasteiger partial charge on any atom is 0.292 e. The molecule has 1 aromatic carbocycles. The van der Waals surface area contributed by atoms with Gasteiger partial charge in [-0.3, -0.25) is 14.9 Å². The van der Waals surface area contributed by atoms with Crippen molar-refractivity contribution in [1.29, 1.82) is 0 Å². The summed E-state index contributed by atoms with van der Waals surface area (Å²) < 4.78 is 0. The zero-order valence-electron chi connectivity index (χ0n) is 11.7. The summed E-state index contributed by atoms with van der Waals surface area (Å²) >= 11 is 0. The van der Waals surface area contributed by atoms with Gasteiger partial charge >= 0.3 is 0 Å². The van der Waals surface area contributed by atoms with Crippen molar-refractivity contribution >= 4 is 17.3 Å². The van der Waals surface area contributed by atoms with Gasteiger partial charge in [-0.1, -0.05) is 13.0 Å². The van der Waals surface area contributed by atoms with E-state index in [2.05, 4.69) is 10.6 Å². The van der Waals surface area contributed by atoms with E-state index in [4.69, 9.17) is 0 Å². The van der Waals surface area contributed by atoms with E-state index in [-0.39, 0.29) is 29.2 Å². The molecule has 0 radical (unpaired) electrons. The minimum absolute atomic E-state index is 0.0765. The number of nitrogens with zero attached hydrogens (tertiary/aromatic N) is 1. The molecule has 6 heteroatoms. The second-order valence-corrected chi connectivity index (χ2v) is 5.32. The molecule has 0 aliphatic carbocycles. The number of benzene rings is 1. The molecule has 2 atom stereocenters. The Kier molecular flexibility index (Phi) is 4.34. The van der Waals surface area contributed by atoms with Gasteiger partial charge in [0, 0.05) is 6.07 Å². The Bertz CT molecular complexity index is 530. The third-order valence-corrected chi connectivity index (χ3v) is 3.66. The number of nitrogens with one attached hydrogen (secondary N) is 2. The van der Waals surface area contributed by atoms with Crippen molar-refractivity contribution in [3.63, 3.8) is 0 Å². The SMILES string of the molecule is Cc1ccc([N+](=O)[O-])c(NC(=O)C2NCCCC2C)c1. The summed E-state index contributed by atoms with van der Waals surface area (Å²) in [5.41, 5.74) is 1.06. The standard InChI is InChI=1S/C14H19N3O3/c1-9-5-6-12(17(19)20)11(8-9)16-14(18)13-10(2)4-3-7-15-13/h5-6,8,10,13,15H,3-4,7H2,1-2H3,(H,16,18). The summed E-state index contributed by atoms with van der Waals surface area (Å²) in [7, 11) is 0. The number of aryl methyl sites for hydroxylation is 1. The lowest BCUT2D eigenvalue weighted by Gasteiger charge is -2.28. The first kappa shape index (κ1) is 14.5. The number of rotatable bonds is 3. The molecule has 1 saturated heterocycles. The van der Waals surface area contributed by atoms with Gasteiger partial charge in [0.2, 0.25) is 5.91 Å². The number of nitro benzene ring substituents is 1. The van der Waals surface area contributed by atoms with E-state index < -0.39 is 4.92 Å². The van der Waals surface area contributed by atoms with Crippen LogP contribution in [0.25, 0.3) is 0 Å². The van der Waals surface area contributed by atoms with Crippen LogP contribution in [0.5, 0.6) is 0 Å². The van der Waals surface area contributed by atoms with Gasteiger partial charge in [0.1, 0.15) is 5.69 Å². The Hall–Kier alpha value is -1.95. The Morgan fingerprint density at radius 2 is 2.25 bits per heavy atom. The second-order valence-electron chi connectivity index (χ2n) is 5.32. The predicted molar refractivity (Wildman–Crippen MR) is 76.7 cm³/mol. The number of carbonyl (C=O) groups is 1. The van der Waals surface area contributed by atoms with Gasteiger partial charge in [0.05, 0.1) is 11.0 Å². The fraction of sp³-hybridized carbons (Fsp3) is 0.500. The van der Waals surface area contributed by atoms with Gasteiger partial charge < -0.3 is 10.6 Å². The first-order valence-corrected chi connectivity index (χ1v) is 6.78. The first-order valence-electron chi connectivity index (χ1n) is 6.78. The molecule has 0 saturated carbocycles. The summed E-state index contributed by atoms with van der Waals surface area (Å²) in [4.78, 5) is 22.8. The second kappa shape index (κ2) is 6.00. The van der Waals surface area contributed by atoms with Crippen LogP contribution in [-0.4, -0.2) is 23.4 Å². The van der Waals surface area contributed by atoms with Crippen LogP contribution in [0.1, 0.15) is 25.3 Å². The third-order valence-electron chi connectivity index (χ3n) is 3.66. The molecule has 0 aromatic heterocycles. The highest BCUT2D eigenvalue weighted by molar-refractivity contribution is 5.97. The molecule has 2 N–H and O–H groups in total. The Morgan fingerprint density at radius 1 is 1.50 bits per heavy atom. The lowest BCUT2D eigenvalue weighted by atomic mass is 9.92. The average molecular weight is 277 g/mol. The summed E-state index contributed by atoms with van der Waals surface area (Å²) in [6.07, 6.45) is 2.04. The van der Waals surface area contributed by atoms with E-state index in [0.717, 1.165) is 24.9 Å². The van der Waals surface area contributed by atoms with E-state index in [9.17, 15) is 14.9 Å². The molecule has 1 amide bonds. The molecule has 1 aromatic rings. The molecule has 2 unspecified atom stereocenters. The molecule has 6 nitrogen and oxygen atoms in total. The van der Waals surface area contributed by atoms with E-state index in [1.807, 2.05) is 13.8 Å². The summed E-state index contributed by atoms with van der Waals surface area (Å²) in [6.45, 7) is 4.65. The largest absolute Gasteiger partial charge is 0.319 e. The summed E-state index contributed by atoms with van der Waals surface area (Å²) in [5.74, 6) is 0.0264. The van der Waals surface area contributed by atoms with Crippen LogP contribution in [-0.2, 0) is 4.79 Å². The number of amides is 1. The number of piperidine rings is 1. The van der Waals surface area contributed by atoms with Gasteiger partial charge in [-0.15, -0.1) is 0 Å². The number of hydrogen-bond donors (Lipinski definition) is 2. The van der Waals surface area contributed by atoms with E-state index in [1.165, 1.54) is 6.07 Å². The highest BCUT2D eigenvalue weighted by atomic mass is 16.6. The Morgan fingerprint density at radius 3 is 2.90 bits per heavy atom. The highest BCUT2D eigenvalue weighted by Gasteiger charge is 2.28. The molecular weight excluding hydrogens is 258 g/mol. The number of hydrogen-bond acceptors (Lipinski definition) is 4. The molecule has 1 aliphatic heterocycles. The monoisotopic (exact) mass is 277 g/mol. The van der Waals surface area contributed by atoms with Gasteiger partial charge in [-0.2, -0.15) is 0 Å². The third kappa shape index (κ3) is 3.14. The van der Waals surface area contributed by atoms with Crippen LogP contribution in [0, 0.1) is 23.0 Å². The van der Waals surface area contributed by atoms with Gasteiger partial charge in [-0.25, -0.2) is 0 Å². The summed E-state index contributed by atoms with van der Waals surface area (Å²) in [6, 6.07) is 4.42. The minimum Gasteiger partial charge on any atom is -0.319 e. The van der Waals surface area contributed by atoms with Crippen molar-refractivity contribution in [3.05, 3.63) is 33.9 Å². The lowest BCUT2D eigenvalue weighted by molar-refractivity contribution is -0.383. The van der Waals surface area contributed by atoms with E-state index in [1.54, 1.807) is 12.1 Å². The molecule has 1 aliphatic rings. The van der Waals surface area contributed by atoms with E-state index in [0.29, 0.717) is 0 Å². The Labute approximate surface area is 117 Å². The molecule has 108 valence electrons. The van der Waals surface area contributed by atoms with Gasteiger partial charge in [0.15, 0.2) is 0 Å². The van der Waals surface area contributed by atoms with Crippen molar-refractivity contribution in [2.75, 3.05) is 11.9 Å². The van der Waals surface area contributed by atoms with Crippen LogP contribution in [0.3, 0.4) is 0 Å². The van der Waals surface area contributed by atoms with Gasteiger partial charge in [-0.05, 0) is 43.9 Å². The highest BCUT2D eigenvalue weighted by Crippen LogP contribution is 2.26. The zero-order valence-corrected chi connectivity index (χ0v) is 11.7. The van der Waals surface area contributed by atoms with Crippen molar-refractivity contribution in [3.8, 4) is 0 Å². The zero-order chi connectivity index (χ0) is 14.7. The normalized spacial score (nSPS) is 22.3. The van der Waals surface area contributed by atoms with Crippen LogP contribution in [0.2, 0.25) is 0 Å². The fourth-order valence-corrected chi connectivity index (χ4v) is 2.52. The van der Waals surface area contributed by atoms with E-state index >= 15 is 0 Å². The molecular formula is C14H19N3O3. The topological polar surface area (TPSA) is 84.3 Å². The first-order chi connectivity index (χ1) is 9.49. The minimum atomic E-state index is -0.479. The van der Waals surface area contributed by atoms with Crippen molar-refractivity contribution in [2.24, 2.45) is 5.92 Å². The van der Waals surface area contributed by atoms with Crippen molar-refractivity contribution in [2.45, 2.75) is 32.7 Å². The molecule has 0 spiro atoms. The van der Waals surface area contributed by atoms with Crippen LogP contribution in [0.15, 0.2) is 18.2 Å². The maximum atomic E-state index is 12.3. The molecule has 1 fully saturated rings. The molecule has 0 bridgehead atoms. The van der Waals surface area contributed by atoms with Crippen molar-refractivity contribution < 1.29 is 9.72 Å². The average Bonchev–Trinajstić information content (AvgIpc) is 2.38. The number of carbonyl (C=O) groups excluding carboxylic acids is 1. The molecule has 1 heterocycles. The predicted octanol–water partition coefficient (Wildman–Crippen LogP) is 2.23. The molecule has 2 rings (SSSR count).